The van der Waals surface area contributed by atoms with E-state index >= 15 is 0 Å². The lowest BCUT2D eigenvalue weighted by molar-refractivity contribution is -0.123. The molecule has 0 aliphatic heterocycles. The van der Waals surface area contributed by atoms with Gasteiger partial charge in [0.15, 0.2) is 6.61 Å². The van der Waals surface area contributed by atoms with Crippen LogP contribution in [0.15, 0.2) is 54.6 Å². The quantitative estimate of drug-likeness (QED) is 0.799. The lowest BCUT2D eigenvalue weighted by atomic mass is 10.2. The van der Waals surface area contributed by atoms with Gasteiger partial charge in [0.25, 0.3) is 11.8 Å². The molecule has 0 aliphatic rings. The van der Waals surface area contributed by atoms with Crippen molar-refractivity contribution in [3.8, 4) is 11.5 Å². The molecule has 0 fully saturated rings. The standard InChI is InChI=1S/C17H18N2O4/c1-2-22-15-10-6-7-13(11-15)17(21)19-18-16(20)12-23-14-8-4-3-5-9-14/h3-11H,2,12H2,1H3,(H,18,20)(H,19,21). The van der Waals surface area contributed by atoms with Crippen LogP contribution in [-0.2, 0) is 4.79 Å². The Morgan fingerprint density at radius 1 is 0.913 bits per heavy atom. The zero-order valence-electron chi connectivity index (χ0n) is 12.7. The van der Waals surface area contributed by atoms with Gasteiger partial charge in [-0.05, 0) is 37.3 Å². The van der Waals surface area contributed by atoms with E-state index in [-0.39, 0.29) is 6.61 Å². The highest BCUT2D eigenvalue weighted by molar-refractivity contribution is 5.95. The summed E-state index contributed by atoms with van der Waals surface area (Å²) in [7, 11) is 0. The Balaban J connectivity index is 1.79. The van der Waals surface area contributed by atoms with E-state index in [1.54, 1.807) is 48.5 Å². The Kier molecular flexibility index (Phi) is 5.99. The molecule has 0 bridgehead atoms. The van der Waals surface area contributed by atoms with Crippen LogP contribution in [0.2, 0.25) is 0 Å². The lowest BCUT2D eigenvalue weighted by Gasteiger charge is -2.09. The van der Waals surface area contributed by atoms with E-state index in [0.29, 0.717) is 23.7 Å². The number of ether oxygens (including phenoxy) is 2. The van der Waals surface area contributed by atoms with Gasteiger partial charge in [-0.3, -0.25) is 20.4 Å². The third-order valence-corrected chi connectivity index (χ3v) is 2.84. The highest BCUT2D eigenvalue weighted by atomic mass is 16.5. The molecule has 120 valence electrons. The van der Waals surface area contributed by atoms with E-state index in [2.05, 4.69) is 10.9 Å². The van der Waals surface area contributed by atoms with Gasteiger partial charge in [-0.25, -0.2) is 0 Å². The minimum Gasteiger partial charge on any atom is -0.494 e. The number of carbonyl (C=O) groups excluding carboxylic acids is 2. The van der Waals surface area contributed by atoms with Gasteiger partial charge in [-0.1, -0.05) is 24.3 Å². The van der Waals surface area contributed by atoms with Crippen molar-refractivity contribution in [2.75, 3.05) is 13.2 Å². The maximum Gasteiger partial charge on any atom is 0.276 e. The number of hydrazine groups is 1. The fourth-order valence-electron chi connectivity index (χ4n) is 1.79. The fraction of sp³-hybridized carbons (Fsp3) is 0.176. The summed E-state index contributed by atoms with van der Waals surface area (Å²) in [6.07, 6.45) is 0. The minimum atomic E-state index is -0.455. The van der Waals surface area contributed by atoms with E-state index in [1.165, 1.54) is 0 Å². The predicted molar refractivity (Wildman–Crippen MR) is 85.2 cm³/mol. The van der Waals surface area contributed by atoms with Gasteiger partial charge in [0.2, 0.25) is 0 Å². The molecule has 0 heterocycles. The Hall–Kier alpha value is -3.02. The van der Waals surface area contributed by atoms with Crippen molar-refractivity contribution in [1.29, 1.82) is 0 Å². The zero-order chi connectivity index (χ0) is 16.5. The van der Waals surface area contributed by atoms with Crippen molar-refractivity contribution in [3.05, 3.63) is 60.2 Å². The molecule has 0 radical (unpaired) electrons. The lowest BCUT2D eigenvalue weighted by Crippen LogP contribution is -2.43. The molecule has 2 aromatic carbocycles. The maximum absolute atomic E-state index is 12.0. The largest absolute Gasteiger partial charge is 0.494 e. The zero-order valence-corrected chi connectivity index (χ0v) is 12.7. The van der Waals surface area contributed by atoms with Crippen molar-refractivity contribution >= 4 is 11.8 Å². The molecule has 0 aromatic heterocycles. The molecule has 2 rings (SSSR count). The Morgan fingerprint density at radius 3 is 2.39 bits per heavy atom. The van der Waals surface area contributed by atoms with Crippen LogP contribution in [0.25, 0.3) is 0 Å². The van der Waals surface area contributed by atoms with Crippen LogP contribution in [-0.4, -0.2) is 25.0 Å². The predicted octanol–water partition coefficient (Wildman–Crippen LogP) is 1.93. The second-order valence-corrected chi connectivity index (χ2v) is 4.56. The first-order valence-corrected chi connectivity index (χ1v) is 7.19. The van der Waals surface area contributed by atoms with Crippen molar-refractivity contribution in [3.63, 3.8) is 0 Å². The average Bonchev–Trinajstić information content (AvgIpc) is 2.59. The van der Waals surface area contributed by atoms with Crippen LogP contribution in [0.4, 0.5) is 0 Å². The van der Waals surface area contributed by atoms with Crippen LogP contribution in [0, 0.1) is 0 Å². The summed E-state index contributed by atoms with van der Waals surface area (Å²) in [5, 5.41) is 0. The van der Waals surface area contributed by atoms with E-state index in [4.69, 9.17) is 9.47 Å². The van der Waals surface area contributed by atoms with Crippen LogP contribution in [0.5, 0.6) is 11.5 Å². The van der Waals surface area contributed by atoms with Gasteiger partial charge in [-0.15, -0.1) is 0 Å². The van der Waals surface area contributed by atoms with Crippen LogP contribution < -0.4 is 20.3 Å². The van der Waals surface area contributed by atoms with Crippen LogP contribution in [0.1, 0.15) is 17.3 Å². The third-order valence-electron chi connectivity index (χ3n) is 2.84. The molecular weight excluding hydrogens is 296 g/mol. The summed E-state index contributed by atoms with van der Waals surface area (Å²) < 4.78 is 10.6. The topological polar surface area (TPSA) is 76.7 Å². The SMILES string of the molecule is CCOc1cccc(C(=O)NNC(=O)COc2ccccc2)c1. The molecule has 6 nitrogen and oxygen atoms in total. The molecule has 0 saturated carbocycles. The number of benzene rings is 2. The molecule has 2 amide bonds. The highest BCUT2D eigenvalue weighted by Crippen LogP contribution is 2.13. The van der Waals surface area contributed by atoms with Crippen molar-refractivity contribution in [2.24, 2.45) is 0 Å². The van der Waals surface area contributed by atoms with Crippen molar-refractivity contribution in [2.45, 2.75) is 6.92 Å². The van der Waals surface area contributed by atoms with Crippen molar-refractivity contribution in [1.82, 2.24) is 10.9 Å². The summed E-state index contributed by atoms with van der Waals surface area (Å²) in [4.78, 5) is 23.6. The Morgan fingerprint density at radius 2 is 1.65 bits per heavy atom. The van der Waals surface area contributed by atoms with Crippen LogP contribution >= 0.6 is 0 Å². The summed E-state index contributed by atoms with van der Waals surface area (Å²) in [5.74, 6) is 0.292. The van der Waals surface area contributed by atoms with Gasteiger partial charge in [0, 0.05) is 5.56 Å². The molecule has 0 aliphatic carbocycles. The molecule has 2 aromatic rings. The van der Waals surface area contributed by atoms with Gasteiger partial charge in [0.1, 0.15) is 11.5 Å². The summed E-state index contributed by atoms with van der Waals surface area (Å²) in [6, 6.07) is 15.6. The second-order valence-electron chi connectivity index (χ2n) is 4.56. The number of carbonyl (C=O) groups is 2. The summed E-state index contributed by atoms with van der Waals surface area (Å²) >= 11 is 0. The first kappa shape index (κ1) is 16.4. The van der Waals surface area contributed by atoms with Gasteiger partial charge < -0.3 is 9.47 Å². The Bertz CT molecular complexity index is 659. The van der Waals surface area contributed by atoms with Crippen LogP contribution in [0.3, 0.4) is 0 Å². The second kappa shape index (κ2) is 8.43. The number of para-hydroxylation sites is 1. The molecule has 0 atom stereocenters. The number of nitrogens with one attached hydrogen (secondary N) is 2. The summed E-state index contributed by atoms with van der Waals surface area (Å²) in [6.45, 7) is 2.18. The molecule has 6 heteroatoms. The molecule has 0 spiro atoms. The maximum atomic E-state index is 12.0. The van der Waals surface area contributed by atoms with E-state index < -0.39 is 11.8 Å². The number of hydrogen-bond acceptors (Lipinski definition) is 4. The van der Waals surface area contributed by atoms with Gasteiger partial charge in [-0.2, -0.15) is 0 Å². The first-order valence-electron chi connectivity index (χ1n) is 7.19. The fourth-order valence-corrected chi connectivity index (χ4v) is 1.79. The normalized spacial score (nSPS) is 9.78. The number of rotatable bonds is 6. The van der Waals surface area contributed by atoms with E-state index in [0.717, 1.165) is 0 Å². The molecule has 2 N–H and O–H groups in total. The Labute approximate surface area is 134 Å². The molecule has 0 saturated heterocycles. The molecular formula is C17H18N2O4. The summed E-state index contributed by atoms with van der Waals surface area (Å²) in [5.41, 5.74) is 5.02. The number of amides is 2. The first-order chi connectivity index (χ1) is 11.2. The molecule has 23 heavy (non-hydrogen) atoms. The van der Waals surface area contributed by atoms with Gasteiger partial charge in [0.05, 0.1) is 6.61 Å². The molecule has 0 unspecified atom stereocenters. The average molecular weight is 314 g/mol. The monoisotopic (exact) mass is 314 g/mol. The van der Waals surface area contributed by atoms with Crippen molar-refractivity contribution < 1.29 is 19.1 Å². The van der Waals surface area contributed by atoms with E-state index in [9.17, 15) is 9.59 Å². The van der Waals surface area contributed by atoms with Gasteiger partial charge >= 0.3 is 0 Å². The highest BCUT2D eigenvalue weighted by Gasteiger charge is 2.08. The third kappa shape index (κ3) is 5.35. The van der Waals surface area contributed by atoms with E-state index in [1.807, 2.05) is 13.0 Å². The minimum absolute atomic E-state index is 0.191. The smallest absolute Gasteiger partial charge is 0.276 e. The number of hydrogen-bond donors (Lipinski definition) is 2.